The van der Waals surface area contributed by atoms with Crippen LogP contribution in [0.3, 0.4) is 0 Å². The van der Waals surface area contributed by atoms with Crippen molar-refractivity contribution in [3.8, 4) is 0 Å². The molecule has 96 valence electrons. The van der Waals surface area contributed by atoms with Crippen LogP contribution in [0.4, 0.5) is 0 Å². The van der Waals surface area contributed by atoms with E-state index in [1.807, 2.05) is 11.7 Å². The van der Waals surface area contributed by atoms with E-state index in [4.69, 9.17) is 4.74 Å². The molecule has 2 unspecified atom stereocenters. The van der Waals surface area contributed by atoms with Crippen molar-refractivity contribution in [2.45, 2.75) is 32.2 Å². The number of hydrogen-bond acceptors (Lipinski definition) is 4. The molecule has 5 heteroatoms. The van der Waals surface area contributed by atoms with Crippen LogP contribution in [0, 0.1) is 5.92 Å². The van der Waals surface area contributed by atoms with Crippen molar-refractivity contribution in [2.75, 3.05) is 19.8 Å². The highest BCUT2D eigenvalue weighted by atomic mass is 16.5. The summed E-state index contributed by atoms with van der Waals surface area (Å²) in [6.45, 7) is 4.92. The maximum atomic E-state index is 5.58. The number of aryl methyl sites for hydroxylation is 1. The fourth-order valence-electron chi connectivity index (χ4n) is 2.45. The first kappa shape index (κ1) is 12.5. The van der Waals surface area contributed by atoms with E-state index >= 15 is 0 Å². The van der Waals surface area contributed by atoms with Gasteiger partial charge in [0.05, 0.1) is 6.61 Å². The molecule has 1 aliphatic heterocycles. The Morgan fingerprint density at radius 3 is 3.12 bits per heavy atom. The third kappa shape index (κ3) is 3.26. The number of ether oxygens (including phenoxy) is 1. The van der Waals surface area contributed by atoms with Crippen LogP contribution in [-0.4, -0.2) is 40.6 Å². The summed E-state index contributed by atoms with van der Waals surface area (Å²) in [7, 11) is 1.95. The average Bonchev–Trinajstić information content (AvgIpc) is 2.76. The zero-order chi connectivity index (χ0) is 12.1. The van der Waals surface area contributed by atoms with Crippen LogP contribution >= 0.6 is 0 Å². The highest BCUT2D eigenvalue weighted by Crippen LogP contribution is 2.19. The molecule has 2 heterocycles. The molecule has 1 aromatic rings. The minimum atomic E-state index is 0.447. The van der Waals surface area contributed by atoms with E-state index in [1.165, 1.54) is 12.8 Å². The molecule has 1 fully saturated rings. The summed E-state index contributed by atoms with van der Waals surface area (Å²) in [4.78, 5) is 4.30. The molecular weight excluding hydrogens is 216 g/mol. The van der Waals surface area contributed by atoms with E-state index in [0.717, 1.165) is 32.0 Å². The molecular formula is C12H22N4O. The van der Waals surface area contributed by atoms with E-state index in [9.17, 15) is 0 Å². The van der Waals surface area contributed by atoms with Crippen molar-refractivity contribution in [1.29, 1.82) is 0 Å². The lowest BCUT2D eigenvalue weighted by molar-refractivity contribution is 0.0392. The molecule has 0 radical (unpaired) electrons. The lowest BCUT2D eigenvalue weighted by Crippen LogP contribution is -2.42. The predicted molar refractivity (Wildman–Crippen MR) is 65.7 cm³/mol. The van der Waals surface area contributed by atoms with Gasteiger partial charge >= 0.3 is 0 Å². The number of nitrogens with zero attached hydrogens (tertiary/aromatic N) is 3. The number of likely N-dealkylation sites (N-methyl/N-ethyl adjacent to an activating group) is 1. The van der Waals surface area contributed by atoms with Crippen LogP contribution in [-0.2, 0) is 18.2 Å². The molecule has 5 nitrogen and oxygen atoms in total. The molecule has 0 aromatic carbocycles. The number of rotatable bonds is 5. The SMILES string of the molecule is CCNC(Cc1ncnn1C)C1CCCOC1. The molecule has 1 aliphatic rings. The van der Waals surface area contributed by atoms with E-state index in [-0.39, 0.29) is 0 Å². The summed E-state index contributed by atoms with van der Waals surface area (Å²) >= 11 is 0. The lowest BCUT2D eigenvalue weighted by Gasteiger charge is -2.30. The van der Waals surface area contributed by atoms with Crippen LogP contribution < -0.4 is 5.32 Å². The van der Waals surface area contributed by atoms with E-state index in [1.54, 1.807) is 6.33 Å². The van der Waals surface area contributed by atoms with Crippen molar-refractivity contribution in [3.05, 3.63) is 12.2 Å². The standard InChI is InChI=1S/C12H22N4O/c1-3-13-11(10-5-4-6-17-8-10)7-12-14-9-15-16(12)2/h9-11,13H,3-8H2,1-2H3. The van der Waals surface area contributed by atoms with Gasteiger partial charge in [-0.1, -0.05) is 6.92 Å². The topological polar surface area (TPSA) is 52.0 Å². The zero-order valence-electron chi connectivity index (χ0n) is 10.7. The Hall–Kier alpha value is -0.940. The highest BCUT2D eigenvalue weighted by Gasteiger charge is 2.24. The fraction of sp³-hybridized carbons (Fsp3) is 0.833. The second-order valence-corrected chi connectivity index (χ2v) is 4.65. The molecule has 1 saturated heterocycles. The van der Waals surface area contributed by atoms with Crippen molar-refractivity contribution < 1.29 is 4.74 Å². The van der Waals surface area contributed by atoms with Gasteiger partial charge in [0.2, 0.25) is 0 Å². The lowest BCUT2D eigenvalue weighted by atomic mass is 9.91. The maximum Gasteiger partial charge on any atom is 0.138 e. The van der Waals surface area contributed by atoms with Crippen molar-refractivity contribution in [2.24, 2.45) is 13.0 Å². The number of nitrogens with one attached hydrogen (secondary N) is 1. The summed E-state index contributed by atoms with van der Waals surface area (Å²) in [5.41, 5.74) is 0. The van der Waals surface area contributed by atoms with Gasteiger partial charge < -0.3 is 10.1 Å². The summed E-state index contributed by atoms with van der Waals surface area (Å²) in [5.74, 6) is 1.64. The monoisotopic (exact) mass is 238 g/mol. The Bertz CT molecular complexity index is 333. The van der Waals surface area contributed by atoms with Gasteiger partial charge in [-0.3, -0.25) is 4.68 Å². The predicted octanol–water partition coefficient (Wildman–Crippen LogP) is 0.762. The molecule has 1 aromatic heterocycles. The van der Waals surface area contributed by atoms with Crippen LogP contribution in [0.1, 0.15) is 25.6 Å². The first-order chi connectivity index (χ1) is 8.31. The minimum absolute atomic E-state index is 0.447. The van der Waals surface area contributed by atoms with Crippen molar-refractivity contribution in [3.63, 3.8) is 0 Å². The second-order valence-electron chi connectivity index (χ2n) is 4.65. The number of aromatic nitrogens is 3. The summed E-state index contributed by atoms with van der Waals surface area (Å²) < 4.78 is 7.43. The van der Waals surface area contributed by atoms with E-state index in [0.29, 0.717) is 12.0 Å². The first-order valence-corrected chi connectivity index (χ1v) is 6.45. The van der Waals surface area contributed by atoms with Crippen LogP contribution in [0.15, 0.2) is 6.33 Å². The van der Waals surface area contributed by atoms with Crippen molar-refractivity contribution >= 4 is 0 Å². The molecule has 0 saturated carbocycles. The third-order valence-electron chi connectivity index (χ3n) is 3.44. The average molecular weight is 238 g/mol. The highest BCUT2D eigenvalue weighted by molar-refractivity contribution is 4.92. The molecule has 17 heavy (non-hydrogen) atoms. The van der Waals surface area contributed by atoms with Gasteiger partial charge in [-0.2, -0.15) is 5.10 Å². The Labute approximate surface area is 103 Å². The minimum Gasteiger partial charge on any atom is -0.381 e. The van der Waals surface area contributed by atoms with Gasteiger partial charge in [0, 0.05) is 26.1 Å². The van der Waals surface area contributed by atoms with Gasteiger partial charge in [-0.15, -0.1) is 0 Å². The fourth-order valence-corrected chi connectivity index (χ4v) is 2.45. The Morgan fingerprint density at radius 1 is 1.65 bits per heavy atom. The van der Waals surface area contributed by atoms with Gasteiger partial charge in [0.1, 0.15) is 12.2 Å². The zero-order valence-corrected chi connectivity index (χ0v) is 10.7. The van der Waals surface area contributed by atoms with Gasteiger partial charge in [0.25, 0.3) is 0 Å². The van der Waals surface area contributed by atoms with Crippen LogP contribution in [0.25, 0.3) is 0 Å². The maximum absolute atomic E-state index is 5.58. The van der Waals surface area contributed by atoms with Crippen LogP contribution in [0.5, 0.6) is 0 Å². The van der Waals surface area contributed by atoms with E-state index < -0.39 is 0 Å². The molecule has 1 N–H and O–H groups in total. The molecule has 0 amide bonds. The Kier molecular flexibility index (Phi) is 4.50. The second kappa shape index (κ2) is 6.12. The van der Waals surface area contributed by atoms with Gasteiger partial charge in [-0.05, 0) is 25.3 Å². The summed E-state index contributed by atoms with van der Waals surface area (Å²) in [6, 6.07) is 0.447. The molecule has 2 rings (SSSR count). The molecule has 0 spiro atoms. The quantitative estimate of drug-likeness (QED) is 0.823. The molecule has 0 aliphatic carbocycles. The Morgan fingerprint density at radius 2 is 2.53 bits per heavy atom. The van der Waals surface area contributed by atoms with Crippen LogP contribution in [0.2, 0.25) is 0 Å². The smallest absolute Gasteiger partial charge is 0.138 e. The van der Waals surface area contributed by atoms with E-state index in [2.05, 4.69) is 22.3 Å². The summed E-state index contributed by atoms with van der Waals surface area (Å²) in [6.07, 6.45) is 4.97. The largest absolute Gasteiger partial charge is 0.381 e. The van der Waals surface area contributed by atoms with Gasteiger partial charge in [-0.25, -0.2) is 4.98 Å². The van der Waals surface area contributed by atoms with Crippen molar-refractivity contribution in [1.82, 2.24) is 20.1 Å². The summed E-state index contributed by atoms with van der Waals surface area (Å²) in [5, 5.41) is 7.68. The first-order valence-electron chi connectivity index (χ1n) is 6.45. The van der Waals surface area contributed by atoms with Gasteiger partial charge in [0.15, 0.2) is 0 Å². The number of hydrogen-bond donors (Lipinski definition) is 1. The normalized spacial score (nSPS) is 22.6. The Balaban J connectivity index is 1.98. The third-order valence-corrected chi connectivity index (χ3v) is 3.44. The molecule has 0 bridgehead atoms. The molecule has 2 atom stereocenters.